The number of hydrogen-bond donors (Lipinski definition) is 1. The van der Waals surface area contributed by atoms with Crippen LogP contribution in [0.2, 0.25) is 0 Å². The summed E-state index contributed by atoms with van der Waals surface area (Å²) in [5.74, 6) is 0.938. The molecule has 1 saturated carbocycles. The largest absolute Gasteiger partial charge is 0.311 e. The van der Waals surface area contributed by atoms with Gasteiger partial charge in [-0.25, -0.2) is 0 Å². The van der Waals surface area contributed by atoms with Crippen LogP contribution < -0.4 is 5.32 Å². The van der Waals surface area contributed by atoms with Crippen molar-refractivity contribution in [3.05, 3.63) is 42.0 Å². The van der Waals surface area contributed by atoms with Crippen LogP contribution in [0.1, 0.15) is 38.2 Å². The van der Waals surface area contributed by atoms with Gasteiger partial charge in [-0.1, -0.05) is 49.4 Å². The Hall–Kier alpha value is -1.08. The van der Waals surface area contributed by atoms with Crippen LogP contribution in [0, 0.1) is 5.92 Å². The molecular formula is C16H23N. The van der Waals surface area contributed by atoms with Gasteiger partial charge < -0.3 is 5.32 Å². The third kappa shape index (κ3) is 4.35. The van der Waals surface area contributed by atoms with Crippen LogP contribution in [0.4, 0.5) is 0 Å². The highest BCUT2D eigenvalue weighted by Crippen LogP contribution is 2.23. The first-order chi connectivity index (χ1) is 8.34. The third-order valence-electron chi connectivity index (χ3n) is 3.65. The summed E-state index contributed by atoms with van der Waals surface area (Å²) in [4.78, 5) is 0. The molecule has 17 heavy (non-hydrogen) atoms. The fourth-order valence-electron chi connectivity index (χ4n) is 2.46. The zero-order valence-corrected chi connectivity index (χ0v) is 10.7. The second-order valence-electron chi connectivity index (χ2n) is 5.18. The maximum atomic E-state index is 3.63. The SMILES string of the molecule is CC1CCC(NCC=Cc2ccccc2)CC1. The second kappa shape index (κ2) is 6.61. The van der Waals surface area contributed by atoms with Crippen molar-refractivity contribution in [2.45, 2.75) is 38.6 Å². The number of hydrogen-bond acceptors (Lipinski definition) is 1. The van der Waals surface area contributed by atoms with E-state index in [1.54, 1.807) is 0 Å². The minimum atomic E-state index is 0.742. The number of nitrogens with one attached hydrogen (secondary N) is 1. The van der Waals surface area contributed by atoms with Gasteiger partial charge in [-0.05, 0) is 37.2 Å². The smallest absolute Gasteiger partial charge is 0.0140 e. The summed E-state index contributed by atoms with van der Waals surface area (Å²) in [6.07, 6.45) is 9.90. The van der Waals surface area contributed by atoms with Gasteiger partial charge in [0.15, 0.2) is 0 Å². The van der Waals surface area contributed by atoms with Crippen LogP contribution in [0.25, 0.3) is 6.08 Å². The molecule has 0 bridgehead atoms. The Morgan fingerprint density at radius 3 is 2.53 bits per heavy atom. The molecule has 1 N–H and O–H groups in total. The molecule has 0 unspecified atom stereocenters. The van der Waals surface area contributed by atoms with Gasteiger partial charge in [0.25, 0.3) is 0 Å². The summed E-state index contributed by atoms with van der Waals surface area (Å²) in [5, 5.41) is 3.63. The van der Waals surface area contributed by atoms with Crippen LogP contribution >= 0.6 is 0 Å². The summed E-state index contributed by atoms with van der Waals surface area (Å²) in [5.41, 5.74) is 1.28. The van der Waals surface area contributed by atoms with Crippen molar-refractivity contribution < 1.29 is 0 Å². The Kier molecular flexibility index (Phi) is 4.81. The van der Waals surface area contributed by atoms with E-state index in [2.05, 4.69) is 54.7 Å². The Balaban J connectivity index is 1.68. The minimum Gasteiger partial charge on any atom is -0.311 e. The van der Waals surface area contributed by atoms with Crippen LogP contribution in [0.15, 0.2) is 36.4 Å². The maximum Gasteiger partial charge on any atom is 0.0140 e. The zero-order chi connectivity index (χ0) is 11.9. The molecule has 0 amide bonds. The fraction of sp³-hybridized carbons (Fsp3) is 0.500. The van der Waals surface area contributed by atoms with E-state index in [0.717, 1.165) is 18.5 Å². The van der Waals surface area contributed by atoms with Crippen molar-refractivity contribution >= 4 is 6.08 Å². The van der Waals surface area contributed by atoms with Crippen LogP contribution in [-0.2, 0) is 0 Å². The van der Waals surface area contributed by atoms with Gasteiger partial charge in [0.1, 0.15) is 0 Å². The molecule has 1 fully saturated rings. The lowest BCUT2D eigenvalue weighted by Crippen LogP contribution is -2.32. The molecule has 0 aromatic heterocycles. The molecule has 0 aliphatic heterocycles. The average Bonchev–Trinajstić information content (AvgIpc) is 2.38. The van der Waals surface area contributed by atoms with E-state index in [4.69, 9.17) is 0 Å². The summed E-state index contributed by atoms with van der Waals surface area (Å²) < 4.78 is 0. The van der Waals surface area contributed by atoms with Crippen molar-refractivity contribution in [2.75, 3.05) is 6.54 Å². The lowest BCUT2D eigenvalue weighted by Gasteiger charge is -2.26. The predicted octanol–water partition coefficient (Wildman–Crippen LogP) is 3.87. The molecule has 1 aromatic rings. The topological polar surface area (TPSA) is 12.0 Å². The molecular weight excluding hydrogens is 206 g/mol. The first kappa shape index (κ1) is 12.4. The standard InChI is InChI=1S/C16H23N/c1-14-9-11-16(12-10-14)17-13-5-8-15-6-3-2-4-7-15/h2-8,14,16-17H,9-13H2,1H3. The maximum absolute atomic E-state index is 3.63. The monoisotopic (exact) mass is 229 g/mol. The van der Waals surface area contributed by atoms with Crippen molar-refractivity contribution in [1.82, 2.24) is 5.32 Å². The second-order valence-corrected chi connectivity index (χ2v) is 5.18. The van der Waals surface area contributed by atoms with Crippen molar-refractivity contribution in [2.24, 2.45) is 5.92 Å². The molecule has 0 radical (unpaired) electrons. The first-order valence-corrected chi connectivity index (χ1v) is 6.79. The summed E-state index contributed by atoms with van der Waals surface area (Å²) >= 11 is 0. The first-order valence-electron chi connectivity index (χ1n) is 6.79. The molecule has 1 aliphatic carbocycles. The van der Waals surface area contributed by atoms with E-state index in [1.807, 2.05) is 0 Å². The Morgan fingerprint density at radius 2 is 1.82 bits per heavy atom. The molecule has 2 rings (SSSR count). The predicted molar refractivity (Wildman–Crippen MR) is 74.9 cm³/mol. The molecule has 92 valence electrons. The number of rotatable bonds is 4. The molecule has 0 atom stereocenters. The van der Waals surface area contributed by atoms with Crippen LogP contribution in [0.5, 0.6) is 0 Å². The fourth-order valence-corrected chi connectivity index (χ4v) is 2.46. The highest BCUT2D eigenvalue weighted by Gasteiger charge is 2.16. The molecule has 0 saturated heterocycles. The van der Waals surface area contributed by atoms with Gasteiger partial charge in [-0.15, -0.1) is 0 Å². The van der Waals surface area contributed by atoms with Crippen molar-refractivity contribution in [3.8, 4) is 0 Å². The van der Waals surface area contributed by atoms with Crippen LogP contribution in [-0.4, -0.2) is 12.6 Å². The lowest BCUT2D eigenvalue weighted by atomic mass is 9.87. The summed E-state index contributed by atoms with van der Waals surface area (Å²) in [6, 6.07) is 11.2. The summed E-state index contributed by atoms with van der Waals surface area (Å²) in [7, 11) is 0. The molecule has 1 heteroatoms. The van der Waals surface area contributed by atoms with E-state index in [9.17, 15) is 0 Å². The molecule has 0 heterocycles. The van der Waals surface area contributed by atoms with E-state index in [1.165, 1.54) is 31.2 Å². The molecule has 1 nitrogen and oxygen atoms in total. The van der Waals surface area contributed by atoms with Gasteiger partial charge in [-0.2, -0.15) is 0 Å². The van der Waals surface area contributed by atoms with E-state index in [0.29, 0.717) is 0 Å². The molecule has 1 aromatic carbocycles. The highest BCUT2D eigenvalue weighted by atomic mass is 14.9. The molecule has 0 spiro atoms. The Bertz CT molecular complexity index is 334. The average molecular weight is 229 g/mol. The van der Waals surface area contributed by atoms with Gasteiger partial charge in [-0.3, -0.25) is 0 Å². The third-order valence-corrected chi connectivity index (χ3v) is 3.65. The van der Waals surface area contributed by atoms with E-state index < -0.39 is 0 Å². The Labute approximate surface area is 105 Å². The zero-order valence-electron chi connectivity index (χ0n) is 10.7. The van der Waals surface area contributed by atoms with Gasteiger partial charge in [0, 0.05) is 12.6 Å². The van der Waals surface area contributed by atoms with Crippen LogP contribution in [0.3, 0.4) is 0 Å². The Morgan fingerprint density at radius 1 is 1.12 bits per heavy atom. The quantitative estimate of drug-likeness (QED) is 0.826. The van der Waals surface area contributed by atoms with Gasteiger partial charge in [0.05, 0.1) is 0 Å². The lowest BCUT2D eigenvalue weighted by molar-refractivity contribution is 0.314. The van der Waals surface area contributed by atoms with Crippen molar-refractivity contribution in [1.29, 1.82) is 0 Å². The van der Waals surface area contributed by atoms with Gasteiger partial charge in [0.2, 0.25) is 0 Å². The highest BCUT2D eigenvalue weighted by molar-refractivity contribution is 5.48. The van der Waals surface area contributed by atoms with E-state index in [-0.39, 0.29) is 0 Å². The van der Waals surface area contributed by atoms with Crippen molar-refractivity contribution in [3.63, 3.8) is 0 Å². The summed E-state index contributed by atoms with van der Waals surface area (Å²) in [6.45, 7) is 3.36. The molecule has 1 aliphatic rings. The normalized spacial score (nSPS) is 25.2. The van der Waals surface area contributed by atoms with E-state index >= 15 is 0 Å². The minimum absolute atomic E-state index is 0.742. The number of benzene rings is 1. The van der Waals surface area contributed by atoms with Gasteiger partial charge >= 0.3 is 0 Å².